The Balaban J connectivity index is 0.000000711. The smallest absolute Gasteiger partial charge is 0.466 e. The Hall–Kier alpha value is -2.16. The molecule has 2 aromatic heterocycles. The van der Waals surface area contributed by atoms with E-state index in [4.69, 9.17) is 73.7 Å². The maximum absolute atomic E-state index is 14.4. The molecule has 212 valence electrons. The van der Waals surface area contributed by atoms with E-state index in [0.29, 0.717) is 0 Å². The number of halogens is 2. The van der Waals surface area contributed by atoms with E-state index in [0.717, 1.165) is 4.52 Å². The minimum Gasteiger partial charge on any atom is -0.756 e. The number of nitrogens with zero attached hydrogens (tertiary/aromatic N) is 5. The minimum atomic E-state index is -4.89. The van der Waals surface area contributed by atoms with Crippen LogP contribution in [0.3, 0.4) is 0 Å². The van der Waals surface area contributed by atoms with Crippen LogP contribution >= 0.6 is 23.5 Å². The molecule has 4 atom stereocenters. The van der Waals surface area contributed by atoms with Crippen molar-refractivity contribution in [2.45, 2.75) is 31.0 Å². The first-order valence-corrected chi connectivity index (χ1v) is 13.3. The average molecular weight is 605 g/mol. The van der Waals surface area contributed by atoms with Crippen molar-refractivity contribution in [1.82, 2.24) is 19.5 Å². The quantitative estimate of drug-likeness (QED) is 0.0926. The number of nitrogen functional groups attached to an aromatic ring is 1. The summed E-state index contributed by atoms with van der Waals surface area (Å²) in [4.78, 5) is 72.2. The number of ether oxygens (including phenoxy) is 1. The van der Waals surface area contributed by atoms with E-state index in [2.05, 4.69) is 20.1 Å². The predicted molar refractivity (Wildman–Crippen MR) is 108 cm³/mol. The molecule has 3 rings (SSSR count). The van der Waals surface area contributed by atoms with Crippen molar-refractivity contribution in [2.75, 3.05) is 5.73 Å². The van der Waals surface area contributed by atoms with Gasteiger partial charge in [0.1, 0.15) is 23.3 Å². The van der Waals surface area contributed by atoms with Crippen LogP contribution in [0.4, 0.5) is 14.6 Å². The minimum absolute atomic E-state index is 0.110. The fourth-order valence-electron chi connectivity index (χ4n) is 2.49. The Morgan fingerprint density at radius 3 is 2.00 bits per heavy atom. The summed E-state index contributed by atoms with van der Waals surface area (Å²) in [6, 6.07) is 2.92. The zero-order valence-electron chi connectivity index (χ0n) is 17.9. The van der Waals surface area contributed by atoms with Crippen LogP contribution in [0, 0.1) is 11.6 Å². The molecule has 1 saturated heterocycles. The van der Waals surface area contributed by atoms with Gasteiger partial charge in [-0.25, -0.2) is 18.0 Å². The molecule has 0 radical (unpaired) electrons. The van der Waals surface area contributed by atoms with Gasteiger partial charge in [0.2, 0.25) is 4.91 Å². The number of fused-ring (bicyclic) bond motifs is 1. The standard InChI is InChI=1S/C11H12F2N7O2.3H3O4P/c1-11(18-19-15)8(21)6(12)7(22-11)4-2-3-5-9(14)16-10(13)17-20(4)5;3*1-5(2,3)4/h2-3,6-8,15,21H,1H3,(H2,14,16,17);3*(H3,1,2,3,4)/q+1;;;/p-1/t6-,7-,8-,11+;;;/m0.../s1. The van der Waals surface area contributed by atoms with Gasteiger partial charge in [-0.15, -0.1) is 5.10 Å². The lowest BCUT2D eigenvalue weighted by Crippen LogP contribution is -2.37. The fourth-order valence-corrected chi connectivity index (χ4v) is 2.49. The molecule has 0 saturated carbocycles. The molecule has 26 heteroatoms. The molecule has 3 heterocycles. The topological polar surface area (TPSA) is 372 Å². The number of aromatic nitrogens is 3. The van der Waals surface area contributed by atoms with Crippen LogP contribution in [0.25, 0.3) is 5.52 Å². The Bertz CT molecular complexity index is 1190. The lowest BCUT2D eigenvalue weighted by atomic mass is 10.0. The normalized spacial score (nSPS) is 23.4. The molecule has 1 fully saturated rings. The first-order valence-electron chi connectivity index (χ1n) is 8.59. The third-order valence-corrected chi connectivity index (χ3v) is 3.59. The van der Waals surface area contributed by atoms with Crippen LogP contribution in [0.15, 0.2) is 17.2 Å². The molecule has 21 nitrogen and oxygen atoms in total. The van der Waals surface area contributed by atoms with Crippen molar-refractivity contribution < 1.29 is 76.4 Å². The number of anilines is 1. The third kappa shape index (κ3) is 13.8. The second kappa shape index (κ2) is 13.1. The van der Waals surface area contributed by atoms with Crippen LogP contribution in [0.2, 0.25) is 0 Å². The van der Waals surface area contributed by atoms with Gasteiger partial charge in [0.15, 0.2) is 17.1 Å². The summed E-state index contributed by atoms with van der Waals surface area (Å²) in [5, 5.41) is 16.9. The monoisotopic (exact) mass is 605 g/mol. The predicted octanol–water partition coefficient (Wildman–Crippen LogP) is -2.93. The number of alkyl halides is 1. The van der Waals surface area contributed by atoms with Gasteiger partial charge in [-0.05, 0) is 19.1 Å². The molecular weight excluding hydrogens is 585 g/mol. The Labute approximate surface area is 202 Å². The van der Waals surface area contributed by atoms with Crippen molar-refractivity contribution in [3.05, 3.63) is 23.9 Å². The third-order valence-electron chi connectivity index (χ3n) is 3.59. The number of hydrogen-bond donors (Lipinski definition) is 11. The summed E-state index contributed by atoms with van der Waals surface area (Å²) >= 11 is 0. The number of nitrogens with two attached hydrogens (primary N) is 1. The summed E-state index contributed by atoms with van der Waals surface area (Å²) in [7, 11) is -14.2. The molecule has 37 heavy (non-hydrogen) atoms. The van der Waals surface area contributed by atoms with Gasteiger partial charge in [-0.3, -0.25) is 4.57 Å². The molecule has 1 aliphatic heterocycles. The summed E-state index contributed by atoms with van der Waals surface area (Å²) in [6.45, 7) is 1.29. The van der Waals surface area contributed by atoms with Gasteiger partial charge < -0.3 is 59.6 Å². The zero-order chi connectivity index (χ0) is 29.6. The first kappa shape index (κ1) is 34.8. The first-order chi connectivity index (χ1) is 16.4. The highest BCUT2D eigenvalue weighted by atomic mass is 31.2. The molecule has 0 unspecified atom stereocenters. The molecule has 2 aromatic rings. The Morgan fingerprint density at radius 2 is 1.59 bits per heavy atom. The fraction of sp³-hybridized carbons (Fsp3) is 0.455. The van der Waals surface area contributed by atoms with Crippen molar-refractivity contribution in [3.63, 3.8) is 0 Å². The molecule has 1 aliphatic rings. The van der Waals surface area contributed by atoms with Crippen LogP contribution in [-0.4, -0.2) is 76.9 Å². The summed E-state index contributed by atoms with van der Waals surface area (Å²) in [6.07, 6.45) is -5.86. The van der Waals surface area contributed by atoms with E-state index < -0.39 is 53.7 Å². The van der Waals surface area contributed by atoms with Crippen LogP contribution in [-0.2, 0) is 18.4 Å². The molecule has 0 spiro atoms. The second-order valence-electron chi connectivity index (χ2n) is 6.52. The number of aliphatic hydroxyl groups is 1. The van der Waals surface area contributed by atoms with E-state index in [-0.39, 0.29) is 17.0 Å². The number of nitrogens with one attached hydrogen (secondary N) is 1. The Kier molecular flexibility index (Phi) is 12.3. The maximum atomic E-state index is 14.4. The second-order valence-corrected chi connectivity index (χ2v) is 9.56. The molecule has 0 amide bonds. The highest BCUT2D eigenvalue weighted by Gasteiger charge is 2.57. The lowest BCUT2D eigenvalue weighted by Gasteiger charge is -2.14. The molecule has 0 aromatic carbocycles. The number of phosphoric acid groups is 3. The largest absolute Gasteiger partial charge is 0.756 e. The van der Waals surface area contributed by atoms with E-state index in [1.165, 1.54) is 19.1 Å². The molecular formula is C11H20F2N7O14P3. The summed E-state index contributed by atoms with van der Waals surface area (Å²) in [5.74, 6) is -0.110. The van der Waals surface area contributed by atoms with Gasteiger partial charge in [-0.2, -0.15) is 9.37 Å². The summed E-state index contributed by atoms with van der Waals surface area (Å²) in [5.41, 5.74) is 11.0. The molecule has 0 aliphatic carbocycles. The van der Waals surface area contributed by atoms with Crippen molar-refractivity contribution >= 4 is 34.8 Å². The lowest BCUT2D eigenvalue weighted by molar-refractivity contribution is -0.214. The number of rotatable bonds is 2. The van der Waals surface area contributed by atoms with E-state index in [1.54, 1.807) is 0 Å². The van der Waals surface area contributed by atoms with Crippen molar-refractivity contribution in [3.8, 4) is 0 Å². The van der Waals surface area contributed by atoms with Crippen LogP contribution in [0.5, 0.6) is 0 Å². The highest BCUT2D eigenvalue weighted by Crippen LogP contribution is 2.42. The highest BCUT2D eigenvalue weighted by molar-refractivity contribution is 7.45. The number of aliphatic hydroxyl groups excluding tert-OH is 1. The van der Waals surface area contributed by atoms with E-state index in [9.17, 15) is 13.9 Å². The van der Waals surface area contributed by atoms with Gasteiger partial charge in [-0.1, -0.05) is 0 Å². The molecule has 0 bridgehead atoms. The van der Waals surface area contributed by atoms with Crippen LogP contribution < -0.4 is 15.5 Å². The average Bonchev–Trinajstić information content (AvgIpc) is 3.13. The van der Waals surface area contributed by atoms with Crippen LogP contribution in [0.1, 0.15) is 18.7 Å². The van der Waals surface area contributed by atoms with Gasteiger partial charge in [0.05, 0.1) is 5.69 Å². The maximum Gasteiger partial charge on any atom is 0.466 e. The summed E-state index contributed by atoms with van der Waals surface area (Å²) < 4.78 is 60.7. The number of hydrogen-bond acceptors (Lipinski definition) is 11. The zero-order valence-corrected chi connectivity index (χ0v) is 20.5. The van der Waals surface area contributed by atoms with Crippen molar-refractivity contribution in [2.24, 2.45) is 5.11 Å². The SMILES string of the molecule is C[C@@]1(N=[N+]=N)O[C@@H](c2ccc3c(N)nc(F)nn23)[C@H](F)[C@@H]1O.O=P(O)(O)O.O=P(O)(O)O.O=P([O-])(O)O. The van der Waals surface area contributed by atoms with E-state index in [1.807, 2.05) is 0 Å². The van der Waals surface area contributed by atoms with E-state index >= 15 is 0 Å². The Morgan fingerprint density at radius 1 is 1.16 bits per heavy atom. The molecule has 12 N–H and O–H groups in total. The van der Waals surface area contributed by atoms with Gasteiger partial charge in [0.25, 0.3) is 13.5 Å². The van der Waals surface area contributed by atoms with Crippen molar-refractivity contribution in [1.29, 1.82) is 5.53 Å². The van der Waals surface area contributed by atoms with Gasteiger partial charge >= 0.3 is 21.7 Å². The van der Waals surface area contributed by atoms with Gasteiger partial charge in [0, 0.05) is 0 Å².